The van der Waals surface area contributed by atoms with E-state index in [1.165, 1.54) is 37.9 Å². The second kappa shape index (κ2) is 8.45. The zero-order valence-electron chi connectivity index (χ0n) is 10.1. The van der Waals surface area contributed by atoms with Gasteiger partial charge in [-0.25, -0.2) is 0 Å². The van der Waals surface area contributed by atoms with Crippen LogP contribution in [0.4, 0.5) is 0 Å². The molecular formula is C13H24N2. The third-order valence-corrected chi connectivity index (χ3v) is 2.52. The Hall–Kier alpha value is -0.860. The molecule has 1 fully saturated rings. The second-order valence-corrected chi connectivity index (χ2v) is 4.02. The van der Waals surface area contributed by atoms with E-state index in [2.05, 4.69) is 31.0 Å². The average Bonchev–Trinajstić information content (AvgIpc) is 2.21. The largest absolute Gasteiger partial charge is 0.344 e. The van der Waals surface area contributed by atoms with Gasteiger partial charge in [0.05, 0.1) is 0 Å². The number of rotatable bonds is 0. The fourth-order valence-electron chi connectivity index (χ4n) is 1.59. The molecule has 0 amide bonds. The molecule has 3 N–H and O–H groups in total. The van der Waals surface area contributed by atoms with Crippen LogP contribution < -0.4 is 6.15 Å². The normalized spacial score (nSPS) is 15.9. The predicted octanol–water partition coefficient (Wildman–Crippen LogP) is 3.26. The van der Waals surface area contributed by atoms with Crippen molar-refractivity contribution >= 4 is 0 Å². The highest BCUT2D eigenvalue weighted by atomic mass is 15.1. The van der Waals surface area contributed by atoms with E-state index >= 15 is 0 Å². The van der Waals surface area contributed by atoms with Gasteiger partial charge in [0.2, 0.25) is 0 Å². The second-order valence-electron chi connectivity index (χ2n) is 4.02. The van der Waals surface area contributed by atoms with Crippen LogP contribution in [0.25, 0.3) is 0 Å². The lowest BCUT2D eigenvalue weighted by Gasteiger charge is -2.20. The van der Waals surface area contributed by atoms with E-state index in [1.807, 2.05) is 18.2 Å². The molecule has 1 heterocycles. The van der Waals surface area contributed by atoms with Gasteiger partial charge in [-0.15, -0.1) is 0 Å². The first-order chi connectivity index (χ1) is 6.79. The zero-order chi connectivity index (χ0) is 10.2. The number of piperidine rings is 1. The Morgan fingerprint density at radius 1 is 0.933 bits per heavy atom. The molecule has 0 saturated carbocycles. The third kappa shape index (κ3) is 7.11. The van der Waals surface area contributed by atoms with Crippen LogP contribution in [0, 0.1) is 6.92 Å². The van der Waals surface area contributed by atoms with Crippen molar-refractivity contribution in [1.29, 1.82) is 0 Å². The van der Waals surface area contributed by atoms with Crippen molar-refractivity contribution in [2.24, 2.45) is 0 Å². The molecule has 1 aliphatic rings. The maximum atomic E-state index is 2.39. The van der Waals surface area contributed by atoms with Gasteiger partial charge >= 0.3 is 0 Å². The fourth-order valence-corrected chi connectivity index (χ4v) is 1.59. The lowest BCUT2D eigenvalue weighted by molar-refractivity contribution is 0.277. The number of hydrogen-bond acceptors (Lipinski definition) is 2. The Kier molecular flexibility index (Phi) is 7.96. The van der Waals surface area contributed by atoms with E-state index in [0.717, 1.165) is 0 Å². The Labute approximate surface area is 93.9 Å². The summed E-state index contributed by atoms with van der Waals surface area (Å²) < 4.78 is 0. The van der Waals surface area contributed by atoms with Crippen LogP contribution in [0.1, 0.15) is 24.8 Å². The maximum Gasteiger partial charge on any atom is -0.00218 e. The number of benzene rings is 1. The van der Waals surface area contributed by atoms with Crippen molar-refractivity contribution in [3.63, 3.8) is 0 Å². The van der Waals surface area contributed by atoms with E-state index in [9.17, 15) is 0 Å². The molecule has 0 unspecified atom stereocenters. The summed E-state index contributed by atoms with van der Waals surface area (Å²) in [5, 5.41) is 0. The monoisotopic (exact) mass is 208 g/mol. The van der Waals surface area contributed by atoms with Crippen LogP contribution in [0.3, 0.4) is 0 Å². The molecule has 86 valence electrons. The van der Waals surface area contributed by atoms with Gasteiger partial charge in [0.15, 0.2) is 0 Å². The van der Waals surface area contributed by atoms with E-state index in [-0.39, 0.29) is 6.15 Å². The SMILES string of the molecule is CN1CCCCC1.Cc1ccccc1.N. The van der Waals surface area contributed by atoms with Crippen LogP contribution in [0.5, 0.6) is 0 Å². The summed E-state index contributed by atoms with van der Waals surface area (Å²) in [6, 6.07) is 10.3. The van der Waals surface area contributed by atoms with Gasteiger partial charge in [-0.1, -0.05) is 42.3 Å². The highest BCUT2D eigenvalue weighted by Crippen LogP contribution is 2.04. The minimum atomic E-state index is 0. The summed E-state index contributed by atoms with van der Waals surface area (Å²) >= 11 is 0. The first kappa shape index (κ1) is 14.1. The highest BCUT2D eigenvalue weighted by molar-refractivity contribution is 5.11. The summed E-state index contributed by atoms with van der Waals surface area (Å²) in [7, 11) is 2.19. The van der Waals surface area contributed by atoms with Gasteiger partial charge in [-0.05, 0) is 39.9 Å². The molecule has 1 saturated heterocycles. The lowest BCUT2D eigenvalue weighted by atomic mass is 10.1. The molecule has 0 aliphatic carbocycles. The highest BCUT2D eigenvalue weighted by Gasteiger charge is 2.02. The Bertz CT molecular complexity index is 228. The van der Waals surface area contributed by atoms with Crippen LogP contribution in [0.2, 0.25) is 0 Å². The van der Waals surface area contributed by atoms with Crippen LogP contribution >= 0.6 is 0 Å². The first-order valence-electron chi connectivity index (χ1n) is 5.49. The zero-order valence-corrected chi connectivity index (χ0v) is 10.1. The number of nitrogens with zero attached hydrogens (tertiary/aromatic N) is 1. The van der Waals surface area contributed by atoms with Crippen molar-refractivity contribution < 1.29 is 0 Å². The molecule has 1 aliphatic heterocycles. The predicted molar refractivity (Wildman–Crippen MR) is 67.5 cm³/mol. The van der Waals surface area contributed by atoms with Gasteiger partial charge < -0.3 is 11.1 Å². The molecular weight excluding hydrogens is 184 g/mol. The molecule has 2 nitrogen and oxygen atoms in total. The van der Waals surface area contributed by atoms with Gasteiger partial charge in [-0.2, -0.15) is 0 Å². The smallest absolute Gasteiger partial charge is 0.00218 e. The van der Waals surface area contributed by atoms with Gasteiger partial charge in [0.1, 0.15) is 0 Å². The van der Waals surface area contributed by atoms with Gasteiger partial charge in [0.25, 0.3) is 0 Å². The minimum Gasteiger partial charge on any atom is -0.344 e. The summed E-state index contributed by atoms with van der Waals surface area (Å²) in [6.45, 7) is 4.72. The summed E-state index contributed by atoms with van der Waals surface area (Å²) in [4.78, 5) is 2.39. The number of aryl methyl sites for hydroxylation is 1. The van der Waals surface area contributed by atoms with Crippen molar-refractivity contribution in [2.75, 3.05) is 20.1 Å². The van der Waals surface area contributed by atoms with Gasteiger partial charge in [-0.3, -0.25) is 0 Å². The Morgan fingerprint density at radius 3 is 1.73 bits per heavy atom. The summed E-state index contributed by atoms with van der Waals surface area (Å²) in [5.74, 6) is 0. The molecule has 0 spiro atoms. The van der Waals surface area contributed by atoms with Crippen molar-refractivity contribution in [2.45, 2.75) is 26.2 Å². The maximum absolute atomic E-state index is 2.39. The van der Waals surface area contributed by atoms with E-state index < -0.39 is 0 Å². The molecule has 0 aromatic heterocycles. The molecule has 2 heteroatoms. The molecule has 0 atom stereocenters. The van der Waals surface area contributed by atoms with Crippen LogP contribution in [0.15, 0.2) is 30.3 Å². The summed E-state index contributed by atoms with van der Waals surface area (Å²) in [6.07, 6.45) is 4.28. The Balaban J connectivity index is 0.000000245. The first-order valence-corrected chi connectivity index (χ1v) is 5.49. The fraction of sp³-hybridized carbons (Fsp3) is 0.538. The number of hydrogen-bond donors (Lipinski definition) is 1. The minimum absolute atomic E-state index is 0. The lowest BCUT2D eigenvalue weighted by Crippen LogP contribution is -2.24. The van der Waals surface area contributed by atoms with E-state index in [4.69, 9.17) is 0 Å². The average molecular weight is 208 g/mol. The molecule has 2 rings (SSSR count). The molecule has 0 bridgehead atoms. The number of likely N-dealkylation sites (tertiary alicyclic amines) is 1. The quantitative estimate of drug-likeness (QED) is 0.710. The molecule has 0 radical (unpaired) electrons. The van der Waals surface area contributed by atoms with E-state index in [0.29, 0.717) is 0 Å². The van der Waals surface area contributed by atoms with Crippen molar-refractivity contribution in [3.8, 4) is 0 Å². The molecule has 15 heavy (non-hydrogen) atoms. The van der Waals surface area contributed by atoms with Gasteiger partial charge in [0, 0.05) is 0 Å². The van der Waals surface area contributed by atoms with Crippen LogP contribution in [-0.2, 0) is 0 Å². The molecule has 1 aromatic rings. The van der Waals surface area contributed by atoms with Crippen LogP contribution in [-0.4, -0.2) is 25.0 Å². The van der Waals surface area contributed by atoms with Crippen molar-refractivity contribution in [3.05, 3.63) is 35.9 Å². The Morgan fingerprint density at radius 2 is 1.47 bits per heavy atom. The summed E-state index contributed by atoms with van der Waals surface area (Å²) in [5.41, 5.74) is 1.32. The topological polar surface area (TPSA) is 38.2 Å². The standard InChI is InChI=1S/C7H8.C6H13N.H3N/c2*1-7-5-3-2-4-6-7;/h2-6H,1H3;2-6H2,1H3;1H3. The molecule has 1 aromatic carbocycles. The van der Waals surface area contributed by atoms with E-state index in [1.54, 1.807) is 0 Å². The third-order valence-electron chi connectivity index (χ3n) is 2.52. The van der Waals surface area contributed by atoms with Crippen molar-refractivity contribution in [1.82, 2.24) is 11.1 Å².